The van der Waals surface area contributed by atoms with Gasteiger partial charge >= 0.3 is 0 Å². The number of halogens is 2. The summed E-state index contributed by atoms with van der Waals surface area (Å²) >= 11 is 3.15. The Morgan fingerprint density at radius 2 is 2.27 bits per heavy atom. The first-order valence-electron chi connectivity index (χ1n) is 2.85. The van der Waals surface area contributed by atoms with E-state index >= 15 is 0 Å². The monoisotopic (exact) mass is 279 g/mol. The average Bonchev–Trinajstić information content (AvgIpc) is 2.05. The Morgan fingerprint density at radius 3 is 2.73 bits per heavy atom. The molecule has 1 rings (SSSR count). The first kappa shape index (κ1) is 10.8. The quantitative estimate of drug-likeness (QED) is 0.615. The number of aldehydes is 1. The number of nitrogens with zero attached hydrogens (tertiary/aromatic N) is 1. The Hall–Kier alpha value is -0.220. The molecule has 1 aromatic heterocycles. The van der Waals surface area contributed by atoms with Crippen molar-refractivity contribution in [3.63, 3.8) is 0 Å². The summed E-state index contributed by atoms with van der Waals surface area (Å²) in [5.74, 6) is 0. The van der Waals surface area contributed by atoms with Crippen LogP contribution in [0.2, 0.25) is 0 Å². The summed E-state index contributed by atoms with van der Waals surface area (Å²) in [5.41, 5.74) is 0.748. The zero-order valence-corrected chi connectivity index (χ0v) is 8.90. The minimum Gasteiger partial charge on any atom is -0.302 e. The van der Waals surface area contributed by atoms with Crippen LogP contribution in [0.3, 0.4) is 0 Å². The van der Waals surface area contributed by atoms with Crippen LogP contribution >= 0.6 is 32.9 Å². The van der Waals surface area contributed by atoms with Gasteiger partial charge in [-0.25, -0.2) is 0 Å². The Morgan fingerprint density at radius 1 is 1.55 bits per heavy atom. The first-order chi connectivity index (χ1) is 4.84. The van der Waals surface area contributed by atoms with Gasteiger partial charge in [0.1, 0.15) is 11.1 Å². The summed E-state index contributed by atoms with van der Waals surface area (Å²) in [7, 11) is 0. The van der Waals surface area contributed by atoms with Crippen LogP contribution in [0.1, 0.15) is 10.5 Å². The maximum absolute atomic E-state index is 10.2. The number of aromatic nitrogens is 1. The van der Waals surface area contributed by atoms with E-state index in [9.17, 15) is 4.79 Å². The smallest absolute Gasteiger partial charge is 0.139 e. The normalized spacial score (nSPS) is 11.4. The molecule has 2 nitrogen and oxygen atoms in total. The van der Waals surface area contributed by atoms with Crippen molar-refractivity contribution in [3.8, 4) is 0 Å². The fourth-order valence-corrected chi connectivity index (χ4v) is 0.880. The van der Waals surface area contributed by atoms with E-state index in [0.29, 0.717) is 0 Å². The summed E-state index contributed by atoms with van der Waals surface area (Å²) in [5, 5.41) is 0. The van der Waals surface area contributed by atoms with Crippen molar-refractivity contribution < 1.29 is 4.79 Å². The number of carbonyl (C=O) groups is 1. The number of hydrogen-bond acceptors (Lipinski definition) is 2. The van der Waals surface area contributed by atoms with Gasteiger partial charge in [-0.2, -0.15) is 0 Å². The van der Waals surface area contributed by atoms with E-state index in [2.05, 4.69) is 20.9 Å². The van der Waals surface area contributed by atoms with Crippen LogP contribution in [0.25, 0.3) is 0 Å². The molecule has 0 spiro atoms. The van der Waals surface area contributed by atoms with Gasteiger partial charge in [0.2, 0.25) is 0 Å². The highest BCUT2D eigenvalue weighted by Gasteiger charge is 2.03. The number of pyridine rings is 1. The highest BCUT2D eigenvalue weighted by Crippen LogP contribution is 2.15. The molecule has 0 amide bonds. The Labute approximate surface area is 83.9 Å². The number of alkyl halides is 1. The van der Waals surface area contributed by atoms with Gasteiger partial charge in [0.15, 0.2) is 0 Å². The maximum atomic E-state index is 10.2. The lowest BCUT2D eigenvalue weighted by molar-refractivity contribution is -0.107. The summed E-state index contributed by atoms with van der Waals surface area (Å²) < 4.78 is 0. The van der Waals surface area contributed by atoms with Crippen molar-refractivity contribution in [2.75, 3.05) is 0 Å². The standard InChI is InChI=1S/C7H6BrNO.BrH/c8-6(5-10)7-3-1-2-4-9-7;/h1-6H;1H/t6-;/m1./s1. The van der Waals surface area contributed by atoms with Crippen LogP contribution in [0.15, 0.2) is 24.4 Å². The molecule has 0 bridgehead atoms. The van der Waals surface area contributed by atoms with Crippen molar-refractivity contribution in [1.82, 2.24) is 4.98 Å². The zero-order chi connectivity index (χ0) is 7.40. The van der Waals surface area contributed by atoms with Crippen LogP contribution in [0.4, 0.5) is 0 Å². The van der Waals surface area contributed by atoms with Crippen molar-refractivity contribution in [1.29, 1.82) is 0 Å². The second kappa shape index (κ2) is 5.43. The van der Waals surface area contributed by atoms with Gasteiger partial charge < -0.3 is 4.79 Å². The van der Waals surface area contributed by atoms with E-state index in [-0.39, 0.29) is 21.8 Å². The summed E-state index contributed by atoms with van der Waals surface area (Å²) in [6, 6.07) is 5.46. The molecule has 60 valence electrons. The molecule has 0 aliphatic carbocycles. The van der Waals surface area contributed by atoms with E-state index in [1.165, 1.54) is 0 Å². The van der Waals surface area contributed by atoms with E-state index in [1.807, 2.05) is 12.1 Å². The third-order valence-electron chi connectivity index (χ3n) is 1.09. The van der Waals surface area contributed by atoms with E-state index < -0.39 is 0 Å². The van der Waals surface area contributed by atoms with Crippen LogP contribution in [0.5, 0.6) is 0 Å². The molecule has 0 aliphatic rings. The van der Waals surface area contributed by atoms with E-state index in [0.717, 1.165) is 12.0 Å². The van der Waals surface area contributed by atoms with Crippen LogP contribution in [0, 0.1) is 0 Å². The fraction of sp³-hybridized carbons (Fsp3) is 0.143. The van der Waals surface area contributed by atoms with Crippen molar-refractivity contribution in [3.05, 3.63) is 30.1 Å². The Bertz CT molecular complexity index is 215. The molecule has 1 aromatic rings. The van der Waals surface area contributed by atoms with Crippen LogP contribution < -0.4 is 0 Å². The predicted molar refractivity (Wildman–Crippen MR) is 52.3 cm³/mol. The Balaban J connectivity index is 0.000001000. The highest BCUT2D eigenvalue weighted by molar-refractivity contribution is 9.09. The maximum Gasteiger partial charge on any atom is 0.139 e. The third-order valence-corrected chi connectivity index (χ3v) is 1.77. The van der Waals surface area contributed by atoms with Gasteiger partial charge in [0, 0.05) is 6.20 Å². The van der Waals surface area contributed by atoms with Crippen molar-refractivity contribution in [2.24, 2.45) is 0 Å². The topological polar surface area (TPSA) is 30.0 Å². The van der Waals surface area contributed by atoms with Gasteiger partial charge in [-0.15, -0.1) is 17.0 Å². The van der Waals surface area contributed by atoms with Crippen molar-refractivity contribution >= 4 is 39.2 Å². The molecule has 0 saturated carbocycles. The number of rotatable bonds is 2. The molecule has 4 heteroatoms. The molecule has 11 heavy (non-hydrogen) atoms. The molecule has 0 fully saturated rings. The SMILES string of the molecule is Br.O=C[C@@H](Br)c1ccccn1. The Kier molecular flexibility index (Phi) is 5.32. The molecular formula is C7H7Br2NO. The van der Waals surface area contributed by atoms with Gasteiger partial charge in [-0.05, 0) is 12.1 Å². The zero-order valence-electron chi connectivity index (χ0n) is 5.61. The summed E-state index contributed by atoms with van der Waals surface area (Å²) in [6.07, 6.45) is 2.47. The molecule has 0 radical (unpaired) electrons. The number of hydrogen-bond donors (Lipinski definition) is 0. The van der Waals surface area contributed by atoms with Crippen LogP contribution in [-0.2, 0) is 4.79 Å². The third kappa shape index (κ3) is 3.12. The minimum atomic E-state index is -0.270. The van der Waals surface area contributed by atoms with Gasteiger partial charge in [-0.1, -0.05) is 22.0 Å². The lowest BCUT2D eigenvalue weighted by atomic mass is 10.3. The summed E-state index contributed by atoms with van der Waals surface area (Å²) in [4.78, 5) is 13.9. The first-order valence-corrected chi connectivity index (χ1v) is 3.76. The van der Waals surface area contributed by atoms with Gasteiger partial charge in [0.05, 0.1) is 5.69 Å². The molecule has 1 atom stereocenters. The minimum absolute atomic E-state index is 0. The van der Waals surface area contributed by atoms with Gasteiger partial charge in [-0.3, -0.25) is 4.98 Å². The molecule has 0 saturated heterocycles. The van der Waals surface area contributed by atoms with E-state index in [4.69, 9.17) is 0 Å². The van der Waals surface area contributed by atoms with Crippen molar-refractivity contribution in [2.45, 2.75) is 4.83 Å². The number of carbonyl (C=O) groups excluding carboxylic acids is 1. The molecule has 0 aliphatic heterocycles. The second-order valence-corrected chi connectivity index (χ2v) is 2.78. The summed E-state index contributed by atoms with van der Waals surface area (Å²) in [6.45, 7) is 0. The lowest BCUT2D eigenvalue weighted by Crippen LogP contribution is -1.92. The molecule has 1 heterocycles. The molecule has 0 unspecified atom stereocenters. The fourth-order valence-electron chi connectivity index (χ4n) is 0.609. The van der Waals surface area contributed by atoms with Crippen LogP contribution in [-0.4, -0.2) is 11.3 Å². The largest absolute Gasteiger partial charge is 0.302 e. The van der Waals surface area contributed by atoms with Gasteiger partial charge in [0.25, 0.3) is 0 Å². The molecule has 0 N–H and O–H groups in total. The highest BCUT2D eigenvalue weighted by atomic mass is 79.9. The van der Waals surface area contributed by atoms with E-state index in [1.54, 1.807) is 12.3 Å². The second-order valence-electron chi connectivity index (χ2n) is 1.79. The lowest BCUT2D eigenvalue weighted by Gasteiger charge is -1.97. The molecular weight excluding hydrogens is 274 g/mol. The predicted octanol–water partition coefficient (Wildman–Crippen LogP) is 2.29. The average molecular weight is 281 g/mol. The molecule has 0 aromatic carbocycles.